The molecule has 144 valence electrons. The fourth-order valence-corrected chi connectivity index (χ4v) is 4.73. The second kappa shape index (κ2) is 7.15. The Morgan fingerprint density at radius 3 is 2.70 bits per heavy atom. The van der Waals surface area contributed by atoms with Gasteiger partial charge in [-0.25, -0.2) is 13.2 Å². The van der Waals surface area contributed by atoms with Crippen LogP contribution in [0.5, 0.6) is 0 Å². The van der Waals surface area contributed by atoms with Crippen molar-refractivity contribution in [3.05, 3.63) is 45.8 Å². The predicted octanol–water partition coefficient (Wildman–Crippen LogP) is 0.904. The van der Waals surface area contributed by atoms with Gasteiger partial charge >= 0.3 is 5.97 Å². The Hall–Kier alpha value is -2.68. The molecule has 0 aliphatic carbocycles. The second-order valence-corrected chi connectivity index (χ2v) is 8.84. The number of hydrogen-bond donors (Lipinski definition) is 0. The molecule has 1 saturated heterocycles. The van der Waals surface area contributed by atoms with E-state index in [1.807, 2.05) is 6.92 Å². The number of carbonyl (C=O) groups excluding carboxylic acids is 2. The average Bonchev–Trinajstić information content (AvgIpc) is 2.99. The van der Waals surface area contributed by atoms with Crippen LogP contribution in [0, 0.1) is 6.92 Å². The maximum atomic E-state index is 12.2. The lowest BCUT2D eigenvalue weighted by Crippen LogP contribution is -2.40. The van der Waals surface area contributed by atoms with Crippen LogP contribution in [0.1, 0.15) is 22.5 Å². The smallest absolute Gasteiger partial charge is 0.374 e. The van der Waals surface area contributed by atoms with E-state index in [1.54, 1.807) is 18.2 Å². The van der Waals surface area contributed by atoms with E-state index >= 15 is 0 Å². The number of esters is 1. The highest BCUT2D eigenvalue weighted by Gasteiger charge is 2.33. The first-order chi connectivity index (χ1) is 12.7. The van der Waals surface area contributed by atoms with Crippen molar-refractivity contribution in [1.29, 1.82) is 0 Å². The van der Waals surface area contributed by atoms with E-state index in [4.69, 9.17) is 9.15 Å². The maximum absolute atomic E-state index is 12.2. The van der Waals surface area contributed by atoms with E-state index in [2.05, 4.69) is 0 Å². The summed E-state index contributed by atoms with van der Waals surface area (Å²) in [4.78, 5) is 37.7. The molecule has 2 aromatic rings. The minimum atomic E-state index is -3.13. The van der Waals surface area contributed by atoms with E-state index < -0.39 is 34.4 Å². The second-order valence-electron chi connectivity index (χ2n) is 6.61. The molecule has 0 spiro atoms. The highest BCUT2D eigenvalue weighted by Crippen LogP contribution is 2.17. The number of aryl methyl sites for hydroxylation is 1. The monoisotopic (exact) mass is 393 g/mol. The van der Waals surface area contributed by atoms with Gasteiger partial charge in [-0.2, -0.15) is 0 Å². The van der Waals surface area contributed by atoms with Crippen LogP contribution in [0.25, 0.3) is 11.0 Å². The number of likely N-dealkylation sites (N-methyl/N-ethyl adjacent to an activating group) is 1. The number of carbonyl (C=O) groups is 2. The van der Waals surface area contributed by atoms with E-state index in [9.17, 15) is 22.8 Å². The fourth-order valence-electron chi connectivity index (χ4n) is 2.96. The zero-order valence-corrected chi connectivity index (χ0v) is 15.7. The molecule has 0 radical (unpaired) electrons. The van der Waals surface area contributed by atoms with Crippen molar-refractivity contribution >= 4 is 32.7 Å². The van der Waals surface area contributed by atoms with Gasteiger partial charge in [-0.1, -0.05) is 11.6 Å². The van der Waals surface area contributed by atoms with Crippen LogP contribution in [0.4, 0.5) is 0 Å². The number of hydrogen-bond acceptors (Lipinski definition) is 7. The zero-order chi connectivity index (χ0) is 19.8. The van der Waals surface area contributed by atoms with Gasteiger partial charge < -0.3 is 14.1 Å². The largest absolute Gasteiger partial charge is 0.450 e. The molecule has 0 saturated carbocycles. The topological polar surface area (TPSA) is 111 Å². The van der Waals surface area contributed by atoms with Crippen LogP contribution in [-0.4, -0.2) is 56.4 Å². The lowest BCUT2D eigenvalue weighted by Gasteiger charge is -2.23. The van der Waals surface area contributed by atoms with Crippen LogP contribution >= 0.6 is 0 Å². The molecule has 1 fully saturated rings. The van der Waals surface area contributed by atoms with Crippen LogP contribution in [0.2, 0.25) is 0 Å². The number of rotatable bonds is 4. The molecule has 0 unspecified atom stereocenters. The molecular weight excluding hydrogens is 374 g/mol. The molecular formula is C18H19NO7S. The Balaban J connectivity index is 1.67. The van der Waals surface area contributed by atoms with Crippen molar-refractivity contribution in [1.82, 2.24) is 4.90 Å². The van der Waals surface area contributed by atoms with E-state index in [1.165, 1.54) is 11.9 Å². The van der Waals surface area contributed by atoms with Crippen LogP contribution in [0.3, 0.4) is 0 Å². The van der Waals surface area contributed by atoms with Gasteiger partial charge in [-0.3, -0.25) is 9.59 Å². The van der Waals surface area contributed by atoms with Gasteiger partial charge in [0.05, 0.1) is 16.9 Å². The van der Waals surface area contributed by atoms with E-state index in [-0.39, 0.29) is 28.3 Å². The number of benzene rings is 1. The summed E-state index contributed by atoms with van der Waals surface area (Å²) in [7, 11) is -1.66. The number of amides is 1. The van der Waals surface area contributed by atoms with Gasteiger partial charge in [0.2, 0.25) is 5.76 Å². The van der Waals surface area contributed by atoms with Gasteiger partial charge in [0, 0.05) is 19.2 Å². The molecule has 2 heterocycles. The highest BCUT2D eigenvalue weighted by atomic mass is 32.2. The zero-order valence-electron chi connectivity index (χ0n) is 14.9. The minimum Gasteiger partial charge on any atom is -0.450 e. The van der Waals surface area contributed by atoms with Gasteiger partial charge in [0.15, 0.2) is 21.9 Å². The normalized spacial score (nSPS) is 18.4. The van der Waals surface area contributed by atoms with Gasteiger partial charge in [-0.15, -0.1) is 0 Å². The lowest BCUT2D eigenvalue weighted by molar-refractivity contribution is -0.134. The average molecular weight is 393 g/mol. The molecule has 27 heavy (non-hydrogen) atoms. The molecule has 1 atom stereocenters. The van der Waals surface area contributed by atoms with E-state index in [0.29, 0.717) is 11.8 Å². The molecule has 0 N–H and O–H groups in total. The predicted molar refractivity (Wildman–Crippen MR) is 97.3 cm³/mol. The molecule has 1 aromatic carbocycles. The van der Waals surface area contributed by atoms with Crippen LogP contribution < -0.4 is 5.43 Å². The summed E-state index contributed by atoms with van der Waals surface area (Å²) >= 11 is 0. The minimum absolute atomic E-state index is 0.0385. The lowest BCUT2D eigenvalue weighted by atomic mass is 10.1. The summed E-state index contributed by atoms with van der Waals surface area (Å²) in [6, 6.07) is 5.59. The first-order valence-electron chi connectivity index (χ1n) is 8.34. The Morgan fingerprint density at radius 2 is 2.04 bits per heavy atom. The molecule has 3 rings (SSSR count). The quantitative estimate of drug-likeness (QED) is 0.710. The number of ether oxygens (including phenoxy) is 1. The molecule has 0 bridgehead atoms. The van der Waals surface area contributed by atoms with Crippen molar-refractivity contribution in [2.45, 2.75) is 19.4 Å². The van der Waals surface area contributed by atoms with Crippen molar-refractivity contribution in [2.75, 3.05) is 25.2 Å². The highest BCUT2D eigenvalue weighted by molar-refractivity contribution is 7.91. The first-order valence-corrected chi connectivity index (χ1v) is 10.2. The maximum Gasteiger partial charge on any atom is 0.374 e. The van der Waals surface area contributed by atoms with Crippen LogP contribution in [-0.2, 0) is 19.4 Å². The summed E-state index contributed by atoms with van der Waals surface area (Å²) < 4.78 is 33.4. The van der Waals surface area contributed by atoms with Gasteiger partial charge in [0.1, 0.15) is 5.58 Å². The summed E-state index contributed by atoms with van der Waals surface area (Å²) in [6.45, 7) is 1.26. The number of nitrogens with zero attached hydrogens (tertiary/aromatic N) is 1. The standard InChI is InChI=1S/C18H19NO7S/c1-11-3-4-15-13(7-11)14(20)8-16(26-15)18(22)25-9-17(21)19(2)12-5-6-27(23,24)10-12/h3-4,7-8,12H,5-6,9-10H2,1-2H3/t12-/m0/s1. The number of sulfone groups is 1. The Morgan fingerprint density at radius 1 is 1.30 bits per heavy atom. The van der Waals surface area contributed by atoms with Crippen LogP contribution in [0.15, 0.2) is 33.5 Å². The van der Waals surface area contributed by atoms with Crippen molar-refractivity contribution in [2.24, 2.45) is 0 Å². The molecule has 9 heteroatoms. The molecule has 1 aromatic heterocycles. The number of fused-ring (bicyclic) bond motifs is 1. The molecule has 1 amide bonds. The SMILES string of the molecule is Cc1ccc2oc(C(=O)OCC(=O)N(C)[C@H]3CCS(=O)(=O)C3)cc(=O)c2c1. The van der Waals surface area contributed by atoms with Gasteiger partial charge in [0.25, 0.3) is 5.91 Å². The molecule has 8 nitrogen and oxygen atoms in total. The van der Waals surface area contributed by atoms with Crippen molar-refractivity contribution in [3.63, 3.8) is 0 Å². The van der Waals surface area contributed by atoms with Crippen molar-refractivity contribution in [3.8, 4) is 0 Å². The third-order valence-corrected chi connectivity index (χ3v) is 6.31. The van der Waals surface area contributed by atoms with Crippen molar-refractivity contribution < 1.29 is 27.2 Å². The Bertz CT molecular complexity index is 1070. The summed E-state index contributed by atoms with van der Waals surface area (Å²) in [6.07, 6.45) is 0.359. The Labute approximate surface area is 155 Å². The third-order valence-electron chi connectivity index (χ3n) is 4.56. The van der Waals surface area contributed by atoms with Gasteiger partial charge in [-0.05, 0) is 25.5 Å². The molecule has 1 aliphatic heterocycles. The molecule has 1 aliphatic rings. The fraction of sp³-hybridized carbons (Fsp3) is 0.389. The van der Waals surface area contributed by atoms with E-state index in [0.717, 1.165) is 11.6 Å². The Kier molecular flexibility index (Phi) is 5.05. The third kappa shape index (κ3) is 4.19. The summed E-state index contributed by atoms with van der Waals surface area (Å²) in [5.74, 6) is -1.81. The summed E-state index contributed by atoms with van der Waals surface area (Å²) in [5.41, 5.74) is 0.749. The summed E-state index contributed by atoms with van der Waals surface area (Å²) in [5, 5.41) is 0.352. The first kappa shape index (κ1) is 19.1.